The van der Waals surface area contributed by atoms with Crippen molar-refractivity contribution in [3.63, 3.8) is 0 Å². The fraction of sp³-hybridized carbons (Fsp3) is 0.136. The van der Waals surface area contributed by atoms with Crippen LogP contribution >= 0.6 is 27.9 Å². The first-order valence-electron chi connectivity index (χ1n) is 8.99. The summed E-state index contributed by atoms with van der Waals surface area (Å²) in [4.78, 5) is 5.28. The molecule has 1 aromatic heterocycles. The normalized spacial score (nSPS) is 10.6. The van der Waals surface area contributed by atoms with Crippen molar-refractivity contribution >= 4 is 39.3 Å². The molecule has 3 aromatic rings. The maximum atomic E-state index is 4.39. The van der Waals surface area contributed by atoms with Gasteiger partial charge in [0, 0.05) is 39.7 Å². The number of rotatable bonds is 9. The summed E-state index contributed by atoms with van der Waals surface area (Å²) in [5.74, 6) is 0. The van der Waals surface area contributed by atoms with Crippen LogP contribution in [0.2, 0.25) is 0 Å². The van der Waals surface area contributed by atoms with E-state index in [1.807, 2.05) is 43.5 Å². The van der Waals surface area contributed by atoms with Crippen molar-refractivity contribution < 1.29 is 51.4 Å². The van der Waals surface area contributed by atoms with Crippen LogP contribution in [0.15, 0.2) is 94.6 Å². The molecule has 0 aliphatic carbocycles. The fourth-order valence-corrected chi connectivity index (χ4v) is 3.87. The minimum Gasteiger partial charge on any atom is -0.567 e. The molecule has 0 atom stereocenters. The molecule has 0 unspecified atom stereocenters. The van der Waals surface area contributed by atoms with Gasteiger partial charge < -0.3 is 15.2 Å². The first-order chi connectivity index (χ1) is 13.8. The number of benzene rings is 2. The van der Waals surface area contributed by atoms with Gasteiger partial charge in [-0.1, -0.05) is 30.4 Å². The molecule has 0 spiro atoms. The van der Waals surface area contributed by atoms with E-state index < -0.39 is 0 Å². The van der Waals surface area contributed by atoms with Crippen LogP contribution in [0.25, 0.3) is 5.43 Å². The average molecular weight is 494 g/mol. The van der Waals surface area contributed by atoms with Crippen molar-refractivity contribution in [3.05, 3.63) is 101 Å². The van der Waals surface area contributed by atoms with E-state index in [0.717, 1.165) is 28.0 Å². The molecule has 0 radical (unpaired) electrons. The minimum absolute atomic E-state index is 0. The zero-order chi connectivity index (χ0) is 19.6. The zero-order valence-corrected chi connectivity index (χ0v) is 22.2. The van der Waals surface area contributed by atoms with Crippen molar-refractivity contribution in [2.45, 2.75) is 18.4 Å². The van der Waals surface area contributed by atoms with Gasteiger partial charge >= 0.3 is 51.4 Å². The first kappa shape index (κ1) is 24.6. The molecule has 0 fully saturated rings. The van der Waals surface area contributed by atoms with Crippen LogP contribution in [0.3, 0.4) is 0 Å². The summed E-state index contributed by atoms with van der Waals surface area (Å²) < 4.78 is 3.36. The molecule has 1 N–H and O–H groups in total. The van der Waals surface area contributed by atoms with E-state index in [2.05, 4.69) is 78.6 Å². The molecule has 3 rings (SSSR count). The molecule has 0 aliphatic rings. The Morgan fingerprint density at radius 3 is 2.59 bits per heavy atom. The number of nitrogens with zero attached hydrogens (tertiary/aromatic N) is 3. The van der Waals surface area contributed by atoms with Gasteiger partial charge in [0.1, 0.15) is 0 Å². The van der Waals surface area contributed by atoms with Gasteiger partial charge in [-0.3, -0.25) is 4.98 Å². The van der Waals surface area contributed by atoms with Gasteiger partial charge in [0.15, 0.2) is 0 Å². The van der Waals surface area contributed by atoms with Crippen LogP contribution in [0.5, 0.6) is 0 Å². The molecule has 2 aromatic carbocycles. The quantitative estimate of drug-likeness (QED) is 0.213. The Labute approximate surface area is 228 Å². The maximum Gasteiger partial charge on any atom is 1.00 e. The average Bonchev–Trinajstić information content (AvgIpc) is 2.74. The number of nitrogens with one attached hydrogen (secondary N) is 1. The summed E-state index contributed by atoms with van der Waals surface area (Å²) in [6.45, 7) is 3.44. The van der Waals surface area contributed by atoms with Crippen LogP contribution in [0.1, 0.15) is 12.5 Å². The number of aromatic nitrogens is 1. The molecule has 1 heterocycles. The predicted octanol–water partition coefficient (Wildman–Crippen LogP) is 3.84. The summed E-state index contributed by atoms with van der Waals surface area (Å²) in [5, 5.41) is 0. The predicted molar refractivity (Wildman–Crippen MR) is 124 cm³/mol. The van der Waals surface area contributed by atoms with Crippen LogP contribution in [0.4, 0.5) is 11.4 Å². The van der Waals surface area contributed by atoms with Gasteiger partial charge in [0.25, 0.3) is 0 Å². The molecule has 0 aliphatic heterocycles. The second-order valence-electron chi connectivity index (χ2n) is 5.99. The van der Waals surface area contributed by atoms with Crippen LogP contribution in [0, 0.1) is 0 Å². The van der Waals surface area contributed by atoms with Crippen molar-refractivity contribution in [1.82, 2.24) is 4.98 Å². The van der Waals surface area contributed by atoms with E-state index in [0.29, 0.717) is 6.54 Å². The molecule has 144 valence electrons. The number of hydrogen-bond acceptors (Lipinski definition) is 4. The summed E-state index contributed by atoms with van der Waals surface area (Å²) in [6, 6.07) is 20.5. The van der Waals surface area contributed by atoms with E-state index >= 15 is 0 Å². The largest absolute Gasteiger partial charge is 1.00 e. The van der Waals surface area contributed by atoms with E-state index in [9.17, 15) is 0 Å². The monoisotopic (exact) mass is 492 g/mol. The van der Waals surface area contributed by atoms with E-state index in [4.69, 9.17) is 0 Å². The van der Waals surface area contributed by atoms with Gasteiger partial charge in [-0.05, 0) is 82.8 Å². The number of pyridine rings is 1. The van der Waals surface area contributed by atoms with Crippen LogP contribution in [-0.2, 0) is 6.54 Å². The molecular weight excluding hydrogens is 471 g/mol. The second kappa shape index (κ2) is 13.6. The van der Waals surface area contributed by atoms with Gasteiger partial charge in [0.05, 0.1) is 0 Å². The first-order valence-corrected chi connectivity index (χ1v) is 10.6. The Hall–Kier alpha value is -0.644. The topological polar surface area (TPSA) is 42.3 Å². The molecule has 0 amide bonds. The second-order valence-corrected chi connectivity index (χ2v) is 7.91. The molecule has 0 saturated heterocycles. The van der Waals surface area contributed by atoms with E-state index in [1.54, 1.807) is 18.1 Å². The molecule has 0 saturated carbocycles. The maximum absolute atomic E-state index is 4.39. The van der Waals surface area contributed by atoms with Crippen molar-refractivity contribution in [1.29, 1.82) is 0 Å². The van der Waals surface area contributed by atoms with Gasteiger partial charge in [-0.15, -0.1) is 6.54 Å². The third kappa shape index (κ3) is 8.18. The summed E-state index contributed by atoms with van der Waals surface area (Å²) >= 11 is 5.35. The van der Waals surface area contributed by atoms with Crippen molar-refractivity contribution in [2.24, 2.45) is 0 Å². The summed E-state index contributed by atoms with van der Waals surface area (Å²) in [7, 11) is 0. The number of anilines is 2. The standard InChI is InChI=1S/C22H22BrN4S.K/c1-2-3-15-27(28-22-9-5-4-8-21(22)23)20-12-10-19(11-13-20)26-25-17-18-7-6-14-24-16-18;/h2-14,16,26H,15,17H2,1H3;/q-1;+1/b3-2+;. The molecule has 0 bridgehead atoms. The third-order valence-corrected chi connectivity index (χ3v) is 5.99. The Morgan fingerprint density at radius 2 is 1.90 bits per heavy atom. The van der Waals surface area contributed by atoms with E-state index in [1.165, 1.54) is 4.90 Å². The zero-order valence-electron chi connectivity index (χ0n) is 16.6. The summed E-state index contributed by atoms with van der Waals surface area (Å²) in [5.41, 5.74) is 10.7. The Balaban J connectivity index is 0.00000300. The Bertz CT molecular complexity index is 891. The molecule has 4 nitrogen and oxygen atoms in total. The van der Waals surface area contributed by atoms with Gasteiger partial charge in [-0.25, -0.2) is 0 Å². The Morgan fingerprint density at radius 1 is 1.10 bits per heavy atom. The third-order valence-electron chi connectivity index (χ3n) is 3.90. The van der Waals surface area contributed by atoms with Gasteiger partial charge in [0.2, 0.25) is 0 Å². The van der Waals surface area contributed by atoms with Crippen LogP contribution in [-0.4, -0.2) is 11.5 Å². The van der Waals surface area contributed by atoms with Gasteiger partial charge in [-0.2, -0.15) is 0 Å². The number of allylic oxidation sites excluding steroid dienone is 1. The molecular formula is C22H22BrKN4S. The SMILES string of the molecule is C/C=C/CN(Sc1ccccc1Br)c1ccc(N[N-]Cc2cccnc2)cc1.[K+]. The minimum atomic E-state index is 0. The van der Waals surface area contributed by atoms with Crippen molar-refractivity contribution in [2.75, 3.05) is 16.3 Å². The Kier molecular flexibility index (Phi) is 11.6. The summed E-state index contributed by atoms with van der Waals surface area (Å²) in [6.07, 6.45) is 7.81. The van der Waals surface area contributed by atoms with Crippen molar-refractivity contribution in [3.8, 4) is 0 Å². The van der Waals surface area contributed by atoms with Crippen LogP contribution < -0.4 is 61.1 Å². The van der Waals surface area contributed by atoms with E-state index in [-0.39, 0.29) is 51.4 Å². The fourth-order valence-electron chi connectivity index (χ4n) is 2.45. The molecule has 7 heteroatoms. The number of halogens is 1. The number of hydrogen-bond donors (Lipinski definition) is 1. The molecule has 29 heavy (non-hydrogen) atoms. The smallest absolute Gasteiger partial charge is 0.567 e.